The zero-order chi connectivity index (χ0) is 20.5. The number of ether oxygens (including phenoxy) is 1. The molecule has 1 aliphatic rings. The maximum atomic E-state index is 12.4. The average Bonchev–Trinajstić information content (AvgIpc) is 2.71. The second-order valence-corrected chi connectivity index (χ2v) is 6.51. The number of hydrogen-bond acceptors (Lipinski definition) is 6. The molecule has 1 aliphatic heterocycles. The molecule has 0 aliphatic carbocycles. The van der Waals surface area contributed by atoms with Gasteiger partial charge in [0.05, 0.1) is 22.3 Å². The number of amides is 2. The van der Waals surface area contributed by atoms with Crippen molar-refractivity contribution in [3.05, 3.63) is 70.3 Å². The lowest BCUT2D eigenvalue weighted by Gasteiger charge is -2.19. The molecule has 9 heteroatoms. The summed E-state index contributed by atoms with van der Waals surface area (Å²) in [5, 5.41) is 6.12. The molecule has 0 fully saturated rings. The molecule has 0 spiro atoms. The molecule has 0 atom stereocenters. The third kappa shape index (κ3) is 3.65. The molecule has 3 aromatic rings. The number of aromatic amines is 1. The van der Waals surface area contributed by atoms with Crippen LogP contribution in [0.2, 0.25) is 0 Å². The molecule has 29 heavy (non-hydrogen) atoms. The Morgan fingerprint density at radius 1 is 1.24 bits per heavy atom. The second-order valence-electron chi connectivity index (χ2n) is 6.51. The lowest BCUT2D eigenvalue weighted by Crippen LogP contribution is -2.25. The first-order valence-electron chi connectivity index (χ1n) is 8.73. The highest BCUT2D eigenvalue weighted by Gasteiger charge is 2.16. The molecule has 0 saturated heterocycles. The number of H-pyrrole nitrogens is 1. The lowest BCUT2D eigenvalue weighted by molar-refractivity contribution is -0.118. The fourth-order valence-corrected chi connectivity index (χ4v) is 2.97. The minimum absolute atomic E-state index is 0.00331. The van der Waals surface area contributed by atoms with Crippen molar-refractivity contribution in [2.24, 2.45) is 5.73 Å². The number of anilines is 1. The van der Waals surface area contributed by atoms with Gasteiger partial charge in [0.1, 0.15) is 5.75 Å². The monoisotopic (exact) mass is 391 g/mol. The predicted octanol–water partition coefficient (Wildman–Crippen LogP) is 1.11. The van der Waals surface area contributed by atoms with Crippen LogP contribution < -0.4 is 26.7 Å². The molecule has 9 nitrogen and oxygen atoms in total. The van der Waals surface area contributed by atoms with Crippen molar-refractivity contribution < 1.29 is 14.3 Å². The molecular formula is C20H17N5O4. The van der Waals surface area contributed by atoms with Crippen LogP contribution in [0.1, 0.15) is 21.7 Å². The number of aromatic nitrogens is 2. The summed E-state index contributed by atoms with van der Waals surface area (Å²) >= 11 is 0. The van der Waals surface area contributed by atoms with E-state index >= 15 is 0 Å². The highest BCUT2D eigenvalue weighted by molar-refractivity contribution is 5.97. The van der Waals surface area contributed by atoms with E-state index in [0.717, 1.165) is 5.56 Å². The summed E-state index contributed by atoms with van der Waals surface area (Å²) in [5.74, 6) is 0.0736. The van der Waals surface area contributed by atoms with Gasteiger partial charge in [0.2, 0.25) is 5.91 Å². The van der Waals surface area contributed by atoms with Gasteiger partial charge in [-0.25, -0.2) is 4.98 Å². The van der Waals surface area contributed by atoms with Gasteiger partial charge in [-0.1, -0.05) is 12.6 Å². The Bertz CT molecular complexity index is 1230. The number of rotatable bonds is 5. The standard InChI is InChI=1S/C20H17N5O4/c1-10(22-8-11-2-5-16-15(6-11)23-17(26)9-29-16)19-24-14-4-3-12(18(21)27)7-13(14)20(28)25-19/h2-7,22H,1,8-9H2,(H2,21,27)(H,23,26)(H,24,25,28). The lowest BCUT2D eigenvalue weighted by atomic mass is 10.1. The van der Waals surface area contributed by atoms with Gasteiger partial charge in [0.25, 0.3) is 11.5 Å². The zero-order valence-electron chi connectivity index (χ0n) is 15.2. The second kappa shape index (κ2) is 7.12. The van der Waals surface area contributed by atoms with Crippen LogP contribution in [0.25, 0.3) is 16.6 Å². The van der Waals surface area contributed by atoms with E-state index in [9.17, 15) is 14.4 Å². The van der Waals surface area contributed by atoms with Gasteiger partial charge in [-0.3, -0.25) is 14.4 Å². The summed E-state index contributed by atoms with van der Waals surface area (Å²) in [6, 6.07) is 9.93. The number of nitrogens with two attached hydrogens (primary N) is 1. The minimum Gasteiger partial charge on any atom is -0.482 e. The van der Waals surface area contributed by atoms with Gasteiger partial charge in [0.15, 0.2) is 12.4 Å². The van der Waals surface area contributed by atoms with Crippen molar-refractivity contribution in [3.63, 3.8) is 0 Å². The summed E-state index contributed by atoms with van der Waals surface area (Å²) in [6.45, 7) is 4.32. The Kier molecular flexibility index (Phi) is 4.47. The smallest absolute Gasteiger partial charge is 0.262 e. The maximum Gasteiger partial charge on any atom is 0.262 e. The van der Waals surface area contributed by atoms with E-state index < -0.39 is 11.5 Å². The molecule has 0 radical (unpaired) electrons. The number of carbonyl (C=O) groups is 2. The van der Waals surface area contributed by atoms with Crippen molar-refractivity contribution in [1.29, 1.82) is 0 Å². The van der Waals surface area contributed by atoms with Gasteiger partial charge in [-0.2, -0.15) is 0 Å². The van der Waals surface area contributed by atoms with E-state index in [1.54, 1.807) is 18.2 Å². The van der Waals surface area contributed by atoms with Crippen molar-refractivity contribution >= 4 is 34.1 Å². The van der Waals surface area contributed by atoms with Crippen LogP contribution in [-0.4, -0.2) is 28.4 Å². The summed E-state index contributed by atoms with van der Waals surface area (Å²) in [5.41, 5.74) is 7.41. The fourth-order valence-electron chi connectivity index (χ4n) is 2.97. The SMILES string of the molecule is C=C(NCc1ccc2c(c1)NC(=O)CO2)c1nc2ccc(C(N)=O)cc2c(=O)[nH]1. The van der Waals surface area contributed by atoms with Crippen molar-refractivity contribution in [2.75, 3.05) is 11.9 Å². The summed E-state index contributed by atoms with van der Waals surface area (Å²) in [6.07, 6.45) is 0. The number of carbonyl (C=O) groups excluding carboxylic acids is 2. The first kappa shape index (κ1) is 18.2. The minimum atomic E-state index is -0.618. The van der Waals surface area contributed by atoms with Crippen LogP contribution >= 0.6 is 0 Å². The van der Waals surface area contributed by atoms with E-state index in [1.807, 2.05) is 6.07 Å². The van der Waals surface area contributed by atoms with Gasteiger partial charge in [0, 0.05) is 12.1 Å². The maximum absolute atomic E-state index is 12.4. The van der Waals surface area contributed by atoms with E-state index in [2.05, 4.69) is 27.2 Å². The molecule has 2 heterocycles. The third-order valence-electron chi connectivity index (χ3n) is 4.46. The Balaban J connectivity index is 1.53. The molecule has 0 bridgehead atoms. The molecule has 0 unspecified atom stereocenters. The predicted molar refractivity (Wildman–Crippen MR) is 107 cm³/mol. The van der Waals surface area contributed by atoms with E-state index in [1.165, 1.54) is 12.1 Å². The zero-order valence-corrected chi connectivity index (χ0v) is 15.2. The van der Waals surface area contributed by atoms with Crippen LogP contribution in [-0.2, 0) is 11.3 Å². The number of primary amides is 1. The Morgan fingerprint density at radius 3 is 2.86 bits per heavy atom. The Hall–Kier alpha value is -4.14. The number of nitrogens with one attached hydrogen (secondary N) is 3. The van der Waals surface area contributed by atoms with Crippen molar-refractivity contribution in [3.8, 4) is 5.75 Å². The van der Waals surface area contributed by atoms with Gasteiger partial charge < -0.3 is 26.1 Å². The molecule has 4 rings (SSSR count). The van der Waals surface area contributed by atoms with E-state index in [-0.39, 0.29) is 29.3 Å². The van der Waals surface area contributed by atoms with Crippen LogP contribution in [0.5, 0.6) is 5.75 Å². The van der Waals surface area contributed by atoms with E-state index in [0.29, 0.717) is 29.2 Å². The number of nitrogens with zero attached hydrogens (tertiary/aromatic N) is 1. The van der Waals surface area contributed by atoms with Gasteiger partial charge in [-0.05, 0) is 35.9 Å². The summed E-state index contributed by atoms with van der Waals surface area (Å²) in [4.78, 5) is 42.2. The van der Waals surface area contributed by atoms with Gasteiger partial charge in [-0.15, -0.1) is 0 Å². The first-order valence-corrected chi connectivity index (χ1v) is 8.73. The molecular weight excluding hydrogens is 374 g/mol. The van der Waals surface area contributed by atoms with Crippen molar-refractivity contribution in [1.82, 2.24) is 15.3 Å². The fraction of sp³-hybridized carbons (Fsp3) is 0.100. The Labute approximate surface area is 164 Å². The topological polar surface area (TPSA) is 139 Å². The molecule has 1 aromatic heterocycles. The number of benzene rings is 2. The number of fused-ring (bicyclic) bond motifs is 2. The Morgan fingerprint density at radius 2 is 2.07 bits per heavy atom. The van der Waals surface area contributed by atoms with Crippen LogP contribution in [0.4, 0.5) is 5.69 Å². The van der Waals surface area contributed by atoms with Gasteiger partial charge >= 0.3 is 0 Å². The normalized spacial score (nSPS) is 12.6. The van der Waals surface area contributed by atoms with Crippen LogP contribution in [0.3, 0.4) is 0 Å². The first-order chi connectivity index (χ1) is 13.9. The van der Waals surface area contributed by atoms with Crippen LogP contribution in [0, 0.1) is 0 Å². The highest BCUT2D eigenvalue weighted by atomic mass is 16.5. The molecule has 5 N–H and O–H groups in total. The third-order valence-corrected chi connectivity index (χ3v) is 4.46. The molecule has 0 saturated carbocycles. The quantitative estimate of drug-likeness (QED) is 0.514. The summed E-state index contributed by atoms with van der Waals surface area (Å²) in [7, 11) is 0. The summed E-state index contributed by atoms with van der Waals surface area (Å²) < 4.78 is 5.33. The van der Waals surface area contributed by atoms with Crippen molar-refractivity contribution in [2.45, 2.75) is 6.54 Å². The van der Waals surface area contributed by atoms with E-state index in [4.69, 9.17) is 10.5 Å². The number of hydrogen-bond donors (Lipinski definition) is 4. The molecule has 146 valence electrons. The largest absolute Gasteiger partial charge is 0.482 e. The molecule has 2 amide bonds. The average molecular weight is 391 g/mol. The van der Waals surface area contributed by atoms with Crippen LogP contribution in [0.15, 0.2) is 47.8 Å². The highest BCUT2D eigenvalue weighted by Crippen LogP contribution is 2.28. The molecule has 2 aromatic carbocycles.